The lowest BCUT2D eigenvalue weighted by Gasteiger charge is -2.33. The number of ether oxygens (including phenoxy) is 1. The molecule has 2 aromatic heterocycles. The number of alkyl halides is 4. The van der Waals surface area contributed by atoms with E-state index >= 15 is 4.39 Å². The van der Waals surface area contributed by atoms with E-state index in [1.54, 1.807) is 29.8 Å². The van der Waals surface area contributed by atoms with Gasteiger partial charge in [0.15, 0.2) is 17.2 Å². The molecule has 10 nitrogen and oxygen atoms in total. The SMILES string of the molecule is CC(=O)N1CCC(N(C)c2nc(OCC34CCCN3CC(F)C4)nc3c(F)c(-c4ccc(F)c5oc(N)c(C#N)c45)c(C(F)(F)F)cc23)C1C. The third-order valence-corrected chi connectivity index (χ3v) is 10.6. The second kappa shape index (κ2) is 11.9. The number of furan rings is 1. The van der Waals surface area contributed by atoms with Crippen LogP contribution in [-0.4, -0.2) is 82.8 Å². The Labute approximate surface area is 282 Å². The minimum atomic E-state index is -5.15. The highest BCUT2D eigenvalue weighted by atomic mass is 19.4. The molecule has 0 bridgehead atoms. The Balaban J connectivity index is 1.45. The van der Waals surface area contributed by atoms with E-state index in [2.05, 4.69) is 9.97 Å². The molecular formula is C34H33F6N7O3. The molecule has 2 aromatic carbocycles. The number of likely N-dealkylation sites (N-methyl/N-ethyl adjacent to an activating group) is 1. The van der Waals surface area contributed by atoms with Gasteiger partial charge in [-0.15, -0.1) is 0 Å². The molecule has 3 aliphatic rings. The molecule has 0 saturated carbocycles. The number of halogens is 6. The van der Waals surface area contributed by atoms with Gasteiger partial charge in [0, 0.05) is 50.5 Å². The summed E-state index contributed by atoms with van der Waals surface area (Å²) in [7, 11) is 1.59. The smallest absolute Gasteiger partial charge is 0.417 e. The molecular weight excluding hydrogens is 668 g/mol. The minimum absolute atomic E-state index is 0.0342. The summed E-state index contributed by atoms with van der Waals surface area (Å²) in [6.45, 7) is 4.51. The maximum Gasteiger partial charge on any atom is 0.417 e. The van der Waals surface area contributed by atoms with Gasteiger partial charge in [0.25, 0.3) is 0 Å². The van der Waals surface area contributed by atoms with Crippen molar-refractivity contribution in [3.63, 3.8) is 0 Å². The van der Waals surface area contributed by atoms with E-state index in [4.69, 9.17) is 14.9 Å². The lowest BCUT2D eigenvalue weighted by Crippen LogP contribution is -2.44. The first-order chi connectivity index (χ1) is 23.6. The van der Waals surface area contributed by atoms with E-state index in [0.717, 1.165) is 24.6 Å². The molecule has 4 unspecified atom stereocenters. The van der Waals surface area contributed by atoms with Gasteiger partial charge in [0.05, 0.1) is 22.5 Å². The molecule has 1 amide bonds. The van der Waals surface area contributed by atoms with Gasteiger partial charge in [-0.3, -0.25) is 9.69 Å². The van der Waals surface area contributed by atoms with Crippen LogP contribution in [0, 0.1) is 23.0 Å². The minimum Gasteiger partial charge on any atom is -0.461 e. The number of nitrogens with zero attached hydrogens (tertiary/aromatic N) is 6. The Morgan fingerprint density at radius 1 is 1.26 bits per heavy atom. The fourth-order valence-corrected chi connectivity index (χ4v) is 8.21. The van der Waals surface area contributed by atoms with Gasteiger partial charge in [-0.2, -0.15) is 28.4 Å². The summed E-state index contributed by atoms with van der Waals surface area (Å²) in [4.78, 5) is 26.3. The lowest BCUT2D eigenvalue weighted by atomic mass is 9.92. The highest BCUT2D eigenvalue weighted by Gasteiger charge is 2.49. The van der Waals surface area contributed by atoms with Crippen LogP contribution >= 0.6 is 0 Å². The Hall–Kier alpha value is -4.78. The summed E-state index contributed by atoms with van der Waals surface area (Å²) in [6.07, 6.45) is -4.07. The number of nitriles is 1. The molecule has 4 aromatic rings. The molecule has 3 fully saturated rings. The fourth-order valence-electron chi connectivity index (χ4n) is 8.21. The molecule has 4 atom stereocenters. The number of amides is 1. The normalized spacial score (nSPS) is 23.9. The monoisotopic (exact) mass is 701 g/mol. The third-order valence-electron chi connectivity index (χ3n) is 10.6. The molecule has 5 heterocycles. The maximum atomic E-state index is 17.1. The largest absolute Gasteiger partial charge is 0.461 e. The van der Waals surface area contributed by atoms with Crippen molar-refractivity contribution in [2.75, 3.05) is 43.9 Å². The fraction of sp³-hybridized carbons (Fsp3) is 0.471. The van der Waals surface area contributed by atoms with E-state index < -0.39 is 80.2 Å². The van der Waals surface area contributed by atoms with Gasteiger partial charge in [-0.1, -0.05) is 6.07 Å². The van der Waals surface area contributed by atoms with Crippen LogP contribution in [-0.2, 0) is 11.0 Å². The van der Waals surface area contributed by atoms with Crippen LogP contribution in [0.1, 0.15) is 50.7 Å². The van der Waals surface area contributed by atoms with Crippen molar-refractivity contribution in [2.45, 2.75) is 69.5 Å². The highest BCUT2D eigenvalue weighted by Crippen LogP contribution is 2.47. The topological polar surface area (TPSA) is 125 Å². The number of carbonyl (C=O) groups is 1. The molecule has 0 radical (unpaired) electrons. The molecule has 50 heavy (non-hydrogen) atoms. The number of fused-ring (bicyclic) bond motifs is 3. The Morgan fingerprint density at radius 3 is 2.70 bits per heavy atom. The van der Waals surface area contributed by atoms with E-state index in [9.17, 15) is 32.0 Å². The van der Waals surface area contributed by atoms with Crippen molar-refractivity contribution in [1.29, 1.82) is 5.26 Å². The van der Waals surface area contributed by atoms with E-state index in [1.807, 2.05) is 4.90 Å². The number of hydrogen-bond acceptors (Lipinski definition) is 9. The van der Waals surface area contributed by atoms with Crippen molar-refractivity contribution in [3.05, 3.63) is 41.0 Å². The molecule has 2 N–H and O–H groups in total. The molecule has 264 valence electrons. The summed E-state index contributed by atoms with van der Waals surface area (Å²) in [5.74, 6) is -3.23. The van der Waals surface area contributed by atoms with Gasteiger partial charge in [0.2, 0.25) is 11.8 Å². The second-order valence-corrected chi connectivity index (χ2v) is 13.4. The zero-order valence-corrected chi connectivity index (χ0v) is 27.4. The number of aromatic nitrogens is 2. The lowest BCUT2D eigenvalue weighted by molar-refractivity contribution is -0.137. The number of rotatable bonds is 6. The highest BCUT2D eigenvalue weighted by molar-refractivity contribution is 6.04. The van der Waals surface area contributed by atoms with Gasteiger partial charge < -0.3 is 24.7 Å². The van der Waals surface area contributed by atoms with Gasteiger partial charge in [-0.05, 0) is 50.4 Å². The van der Waals surface area contributed by atoms with Gasteiger partial charge >= 0.3 is 12.2 Å². The van der Waals surface area contributed by atoms with Crippen LogP contribution in [0.5, 0.6) is 6.01 Å². The first kappa shape index (κ1) is 33.7. The van der Waals surface area contributed by atoms with Crippen molar-refractivity contribution in [2.24, 2.45) is 0 Å². The summed E-state index contributed by atoms with van der Waals surface area (Å²) in [6, 6.07) is 3.04. The average molecular weight is 702 g/mol. The number of benzene rings is 2. The predicted molar refractivity (Wildman–Crippen MR) is 171 cm³/mol. The van der Waals surface area contributed by atoms with Crippen LogP contribution in [0.2, 0.25) is 0 Å². The third kappa shape index (κ3) is 5.24. The number of anilines is 2. The Bertz CT molecular complexity index is 2080. The van der Waals surface area contributed by atoms with E-state index in [-0.39, 0.29) is 48.7 Å². The first-order valence-electron chi connectivity index (χ1n) is 16.2. The van der Waals surface area contributed by atoms with Gasteiger partial charge in [0.1, 0.15) is 35.7 Å². The number of nitrogen functional groups attached to an aromatic ring is 1. The number of nitrogens with two attached hydrogens (primary N) is 1. The van der Waals surface area contributed by atoms with Gasteiger partial charge in [-0.25, -0.2) is 13.2 Å². The molecule has 0 spiro atoms. The number of carbonyl (C=O) groups excluding carboxylic acids is 1. The van der Waals surface area contributed by atoms with Crippen molar-refractivity contribution >= 4 is 39.5 Å². The molecule has 0 aliphatic carbocycles. The van der Waals surface area contributed by atoms with E-state index in [0.29, 0.717) is 25.9 Å². The molecule has 3 aliphatic heterocycles. The molecule has 7 rings (SSSR count). The van der Waals surface area contributed by atoms with Crippen LogP contribution in [0.4, 0.5) is 38.0 Å². The first-order valence-corrected chi connectivity index (χ1v) is 16.2. The summed E-state index contributed by atoms with van der Waals surface area (Å²) >= 11 is 0. The van der Waals surface area contributed by atoms with Crippen molar-refractivity contribution in [1.82, 2.24) is 19.8 Å². The summed E-state index contributed by atoms with van der Waals surface area (Å²) in [5.41, 5.74) is 0.622. The van der Waals surface area contributed by atoms with Crippen molar-refractivity contribution < 1.29 is 40.3 Å². The van der Waals surface area contributed by atoms with Crippen LogP contribution in [0.3, 0.4) is 0 Å². The maximum absolute atomic E-state index is 17.1. The average Bonchev–Trinajstić information content (AvgIpc) is 3.80. The summed E-state index contributed by atoms with van der Waals surface area (Å²) in [5, 5.41) is 9.04. The Morgan fingerprint density at radius 2 is 2.02 bits per heavy atom. The number of hydrogen-bond donors (Lipinski definition) is 1. The Kier molecular flexibility index (Phi) is 8.04. The zero-order valence-electron chi connectivity index (χ0n) is 27.4. The van der Waals surface area contributed by atoms with Crippen LogP contribution < -0.4 is 15.4 Å². The van der Waals surface area contributed by atoms with E-state index in [1.165, 1.54) is 6.92 Å². The predicted octanol–water partition coefficient (Wildman–Crippen LogP) is 6.19. The van der Waals surface area contributed by atoms with Crippen molar-refractivity contribution in [3.8, 4) is 23.2 Å². The van der Waals surface area contributed by atoms with Crippen LogP contribution in [0.25, 0.3) is 33.0 Å². The molecule has 16 heteroatoms. The molecule has 3 saturated heterocycles. The quantitative estimate of drug-likeness (QED) is 0.234. The standard InChI is InChI=1S/C34H33F6N7O3/c1-16-24(7-10-47(16)17(2)48)45(3)31-20-11-22(34(38,39)40)26(19-5-6-23(36)29-25(19)21(13-41)30(42)50-29)27(37)28(20)43-32(44-31)49-15-33-8-4-9-46(33)14-18(35)12-33/h5-6,11,16,18,24H,4,7-10,12,14-15,42H2,1-3H3. The second-order valence-electron chi connectivity index (χ2n) is 13.4. The summed E-state index contributed by atoms with van der Waals surface area (Å²) < 4.78 is 103. The van der Waals surface area contributed by atoms with Crippen LogP contribution in [0.15, 0.2) is 22.6 Å². The number of likely N-dealkylation sites (tertiary alicyclic amines) is 1. The zero-order chi connectivity index (χ0) is 35.9.